The highest BCUT2D eigenvalue weighted by Gasteiger charge is 2.41. The Labute approximate surface area is 138 Å². The largest absolute Gasteiger partial charge is 0.490 e. The monoisotopic (exact) mass is 372 g/mol. The van der Waals surface area contributed by atoms with Crippen LogP contribution >= 0.6 is 27.7 Å². The van der Waals surface area contributed by atoms with Crippen molar-refractivity contribution in [1.29, 1.82) is 0 Å². The Balaban J connectivity index is 1.74. The number of benzene rings is 1. The molecule has 0 aromatic heterocycles. The molecule has 2 heterocycles. The van der Waals surface area contributed by atoms with Crippen LogP contribution in [0.2, 0.25) is 0 Å². The summed E-state index contributed by atoms with van der Waals surface area (Å²) in [7, 11) is 0. The molecule has 0 aliphatic carbocycles. The Morgan fingerprint density at radius 2 is 2.38 bits per heavy atom. The van der Waals surface area contributed by atoms with Gasteiger partial charge in [-0.2, -0.15) is 11.8 Å². The van der Waals surface area contributed by atoms with Crippen LogP contribution in [-0.4, -0.2) is 34.9 Å². The summed E-state index contributed by atoms with van der Waals surface area (Å²) in [4.78, 5) is 0. The Bertz CT molecular complexity index is 500. The molecule has 2 fully saturated rings. The maximum atomic E-state index is 9.93. The predicted octanol–water partition coefficient (Wildman–Crippen LogP) is 3.94. The molecule has 0 bridgehead atoms. The van der Waals surface area contributed by atoms with Crippen molar-refractivity contribution < 1.29 is 14.6 Å². The van der Waals surface area contributed by atoms with E-state index in [-0.39, 0.29) is 11.7 Å². The molecule has 1 aromatic carbocycles. The lowest BCUT2D eigenvalue weighted by atomic mass is 9.91. The average Bonchev–Trinajstić information content (AvgIpc) is 2.88. The summed E-state index contributed by atoms with van der Waals surface area (Å²) < 4.78 is 13.2. The second-order valence-electron chi connectivity index (χ2n) is 5.92. The van der Waals surface area contributed by atoms with Gasteiger partial charge in [-0.15, -0.1) is 0 Å². The number of hydrogen-bond donors (Lipinski definition) is 1. The Morgan fingerprint density at radius 3 is 3.10 bits per heavy atom. The van der Waals surface area contributed by atoms with Crippen molar-refractivity contribution in [3.8, 4) is 5.75 Å². The van der Waals surface area contributed by atoms with E-state index in [4.69, 9.17) is 9.47 Å². The highest BCUT2D eigenvalue weighted by Crippen LogP contribution is 2.40. The molecule has 5 heteroatoms. The van der Waals surface area contributed by atoms with Gasteiger partial charge >= 0.3 is 0 Å². The van der Waals surface area contributed by atoms with E-state index in [2.05, 4.69) is 15.9 Å². The highest BCUT2D eigenvalue weighted by atomic mass is 79.9. The number of hydrogen-bond acceptors (Lipinski definition) is 4. The summed E-state index contributed by atoms with van der Waals surface area (Å²) in [5, 5.41) is 9.93. The van der Waals surface area contributed by atoms with E-state index >= 15 is 0 Å². The van der Waals surface area contributed by atoms with Gasteiger partial charge in [0.1, 0.15) is 11.9 Å². The first-order chi connectivity index (χ1) is 10.1. The molecule has 2 aliphatic rings. The fourth-order valence-corrected chi connectivity index (χ4v) is 4.84. The van der Waals surface area contributed by atoms with E-state index in [1.807, 2.05) is 30.0 Å². The van der Waals surface area contributed by atoms with Crippen LogP contribution in [0.25, 0.3) is 0 Å². The minimum absolute atomic E-state index is 0.0218. The molecule has 21 heavy (non-hydrogen) atoms. The van der Waals surface area contributed by atoms with Crippen LogP contribution in [0.5, 0.6) is 5.75 Å². The Morgan fingerprint density at radius 1 is 1.52 bits per heavy atom. The van der Waals surface area contributed by atoms with Crippen molar-refractivity contribution in [3.63, 3.8) is 0 Å². The second-order valence-corrected chi connectivity index (χ2v) is 7.95. The van der Waals surface area contributed by atoms with Gasteiger partial charge in [0.15, 0.2) is 0 Å². The average molecular weight is 373 g/mol. The van der Waals surface area contributed by atoms with Crippen LogP contribution in [0.4, 0.5) is 0 Å². The fourth-order valence-electron chi connectivity index (χ4n) is 3.08. The maximum Gasteiger partial charge on any atom is 0.125 e. The fraction of sp³-hybridized carbons (Fsp3) is 0.625. The molecule has 0 saturated carbocycles. The van der Waals surface area contributed by atoms with E-state index < -0.39 is 6.10 Å². The second kappa shape index (κ2) is 6.49. The predicted molar refractivity (Wildman–Crippen MR) is 89.1 cm³/mol. The van der Waals surface area contributed by atoms with E-state index in [0.29, 0.717) is 0 Å². The topological polar surface area (TPSA) is 38.7 Å². The molecule has 3 rings (SSSR count). The molecule has 1 spiro atoms. The van der Waals surface area contributed by atoms with Crippen LogP contribution in [0.3, 0.4) is 0 Å². The molecule has 2 unspecified atom stereocenters. The first-order valence-corrected chi connectivity index (χ1v) is 9.39. The van der Waals surface area contributed by atoms with Crippen molar-refractivity contribution in [2.24, 2.45) is 0 Å². The van der Waals surface area contributed by atoms with Crippen molar-refractivity contribution in [2.75, 3.05) is 18.1 Å². The molecule has 0 amide bonds. The Hall–Kier alpha value is -0.230. The van der Waals surface area contributed by atoms with Crippen molar-refractivity contribution in [3.05, 3.63) is 28.2 Å². The van der Waals surface area contributed by atoms with Crippen molar-refractivity contribution in [2.45, 2.75) is 44.0 Å². The summed E-state index contributed by atoms with van der Waals surface area (Å²) in [5.74, 6) is 3.06. The summed E-state index contributed by atoms with van der Waals surface area (Å²) >= 11 is 5.42. The molecule has 0 radical (unpaired) electrons. The third-order valence-electron chi connectivity index (χ3n) is 4.23. The molecule has 2 saturated heterocycles. The van der Waals surface area contributed by atoms with Gasteiger partial charge < -0.3 is 14.6 Å². The zero-order valence-corrected chi connectivity index (χ0v) is 14.6. The number of aliphatic hydroxyl groups excluding tert-OH is 1. The van der Waals surface area contributed by atoms with Crippen LogP contribution in [0.15, 0.2) is 22.7 Å². The molecule has 3 nitrogen and oxygen atoms in total. The first-order valence-electron chi connectivity index (χ1n) is 7.44. The van der Waals surface area contributed by atoms with E-state index in [1.54, 1.807) is 6.92 Å². The van der Waals surface area contributed by atoms with Crippen LogP contribution < -0.4 is 4.74 Å². The van der Waals surface area contributed by atoms with Gasteiger partial charge in [0, 0.05) is 28.6 Å². The molecule has 1 aromatic rings. The molecule has 116 valence electrons. The van der Waals surface area contributed by atoms with Gasteiger partial charge in [0.25, 0.3) is 0 Å². The third kappa shape index (κ3) is 3.58. The SMILES string of the molecule is C[C@H](O)c1cc(Br)ccc1OC1CCOC2(CCSC2)C1. The minimum Gasteiger partial charge on any atom is -0.490 e. The lowest BCUT2D eigenvalue weighted by Gasteiger charge is -2.38. The third-order valence-corrected chi connectivity index (χ3v) is 5.95. The van der Waals surface area contributed by atoms with E-state index in [0.717, 1.165) is 47.4 Å². The van der Waals surface area contributed by atoms with E-state index in [9.17, 15) is 5.11 Å². The van der Waals surface area contributed by atoms with Gasteiger partial charge in [0.05, 0.1) is 18.3 Å². The highest BCUT2D eigenvalue weighted by molar-refractivity contribution is 9.10. The van der Waals surface area contributed by atoms with Gasteiger partial charge in [-0.25, -0.2) is 0 Å². The first kappa shape index (κ1) is 15.7. The van der Waals surface area contributed by atoms with Crippen molar-refractivity contribution in [1.82, 2.24) is 0 Å². The maximum absolute atomic E-state index is 9.93. The summed E-state index contributed by atoms with van der Waals surface area (Å²) in [6.45, 7) is 2.54. The molecular weight excluding hydrogens is 352 g/mol. The minimum atomic E-state index is -0.534. The summed E-state index contributed by atoms with van der Waals surface area (Å²) in [5.41, 5.74) is 0.860. The lowest BCUT2D eigenvalue weighted by Crippen LogP contribution is -2.43. The smallest absolute Gasteiger partial charge is 0.125 e. The molecular formula is C16H21BrO3S. The van der Waals surface area contributed by atoms with Crippen LogP contribution in [-0.2, 0) is 4.74 Å². The molecule has 2 aliphatic heterocycles. The molecule has 1 N–H and O–H groups in total. The van der Waals surface area contributed by atoms with Crippen molar-refractivity contribution >= 4 is 27.7 Å². The normalized spacial score (nSPS) is 30.5. The van der Waals surface area contributed by atoms with Crippen LogP contribution in [0.1, 0.15) is 37.9 Å². The molecule has 3 atom stereocenters. The van der Waals surface area contributed by atoms with Gasteiger partial charge in [-0.05, 0) is 37.3 Å². The standard InChI is InChI=1S/C16H21BrO3S/c1-11(18)14-8-12(17)2-3-15(14)20-13-4-6-19-16(9-13)5-7-21-10-16/h2-3,8,11,13,18H,4-7,9-10H2,1H3/t11-,13?,16?/m0/s1. The Kier molecular flexibility index (Phi) is 4.84. The number of rotatable bonds is 3. The quantitative estimate of drug-likeness (QED) is 0.871. The van der Waals surface area contributed by atoms with Gasteiger partial charge in [0.2, 0.25) is 0 Å². The summed E-state index contributed by atoms with van der Waals surface area (Å²) in [6.07, 6.45) is 2.64. The number of aliphatic hydroxyl groups is 1. The van der Waals surface area contributed by atoms with Gasteiger partial charge in [-0.3, -0.25) is 0 Å². The number of halogens is 1. The van der Waals surface area contributed by atoms with E-state index in [1.165, 1.54) is 5.75 Å². The van der Waals surface area contributed by atoms with Gasteiger partial charge in [-0.1, -0.05) is 15.9 Å². The lowest BCUT2D eigenvalue weighted by molar-refractivity contribution is -0.0961. The number of thioether (sulfide) groups is 1. The zero-order chi connectivity index (χ0) is 14.9. The number of ether oxygens (including phenoxy) is 2. The van der Waals surface area contributed by atoms with Crippen LogP contribution in [0, 0.1) is 0 Å². The summed E-state index contributed by atoms with van der Waals surface area (Å²) in [6, 6.07) is 5.83. The zero-order valence-electron chi connectivity index (χ0n) is 12.2.